The number of carbonyl (C=O) groups excluding carboxylic acids is 1. The van der Waals surface area contributed by atoms with E-state index in [1.54, 1.807) is 6.07 Å². The van der Waals surface area contributed by atoms with Gasteiger partial charge in [0.15, 0.2) is 0 Å². The summed E-state index contributed by atoms with van der Waals surface area (Å²) in [5.41, 5.74) is 6.28. The molecule has 2 aromatic rings. The largest absolute Gasteiger partial charge is 0.397 e. The maximum Gasteiger partial charge on any atom is 0.265 e. The van der Waals surface area contributed by atoms with Gasteiger partial charge in [0.2, 0.25) is 0 Å². The number of hydrogen-bond donors (Lipinski definition) is 2. The van der Waals surface area contributed by atoms with Gasteiger partial charge < -0.3 is 11.1 Å². The molecular weight excluding hydrogens is 239 g/mol. The number of aryl methyl sites for hydroxylation is 1. The Morgan fingerprint density at radius 2 is 2.12 bits per heavy atom. The fraction of sp³-hybridized carbons (Fsp3) is 0.0833. The minimum atomic E-state index is -0.433. The number of nitrogen functional groups attached to an aromatic ring is 1. The number of thiophene rings is 1. The van der Waals surface area contributed by atoms with Gasteiger partial charge in [0, 0.05) is 4.88 Å². The SMILES string of the molecule is Cc1ccc(C(=O)Nc2cc(F)ccc2N)s1. The van der Waals surface area contributed by atoms with Crippen LogP contribution >= 0.6 is 11.3 Å². The maximum atomic E-state index is 13.0. The minimum Gasteiger partial charge on any atom is -0.397 e. The Hall–Kier alpha value is -1.88. The fourth-order valence-corrected chi connectivity index (χ4v) is 2.14. The molecule has 0 atom stereocenters. The summed E-state index contributed by atoms with van der Waals surface area (Å²) in [6, 6.07) is 7.46. The van der Waals surface area contributed by atoms with Crippen molar-refractivity contribution in [2.24, 2.45) is 0 Å². The average Bonchev–Trinajstić information content (AvgIpc) is 2.70. The van der Waals surface area contributed by atoms with Gasteiger partial charge in [-0.15, -0.1) is 11.3 Å². The van der Waals surface area contributed by atoms with Gasteiger partial charge in [0.1, 0.15) is 5.82 Å². The van der Waals surface area contributed by atoms with E-state index in [9.17, 15) is 9.18 Å². The first-order valence-electron chi connectivity index (χ1n) is 4.99. The van der Waals surface area contributed by atoms with E-state index in [0.29, 0.717) is 16.3 Å². The van der Waals surface area contributed by atoms with Crippen molar-refractivity contribution in [2.75, 3.05) is 11.1 Å². The molecule has 1 heterocycles. The van der Waals surface area contributed by atoms with Crippen molar-refractivity contribution in [3.8, 4) is 0 Å². The van der Waals surface area contributed by atoms with Crippen LogP contribution in [0.15, 0.2) is 30.3 Å². The molecule has 2 rings (SSSR count). The summed E-state index contributed by atoms with van der Waals surface area (Å²) in [5, 5.41) is 2.59. The lowest BCUT2D eigenvalue weighted by Gasteiger charge is -2.06. The lowest BCUT2D eigenvalue weighted by atomic mass is 10.2. The number of carbonyl (C=O) groups is 1. The van der Waals surface area contributed by atoms with Crippen LogP contribution in [0.2, 0.25) is 0 Å². The quantitative estimate of drug-likeness (QED) is 0.805. The van der Waals surface area contributed by atoms with E-state index in [1.807, 2.05) is 13.0 Å². The number of nitrogens with one attached hydrogen (secondary N) is 1. The highest BCUT2D eigenvalue weighted by molar-refractivity contribution is 7.14. The molecule has 0 saturated heterocycles. The predicted octanol–water partition coefficient (Wildman–Crippen LogP) is 3.03. The number of anilines is 2. The number of amides is 1. The highest BCUT2D eigenvalue weighted by Crippen LogP contribution is 2.22. The maximum absolute atomic E-state index is 13.0. The molecule has 1 aromatic heterocycles. The zero-order chi connectivity index (χ0) is 12.4. The second-order valence-corrected chi connectivity index (χ2v) is 4.88. The van der Waals surface area contributed by atoms with Crippen LogP contribution in [0.5, 0.6) is 0 Å². The van der Waals surface area contributed by atoms with Crippen molar-refractivity contribution < 1.29 is 9.18 Å². The number of benzene rings is 1. The van der Waals surface area contributed by atoms with Crippen molar-refractivity contribution in [2.45, 2.75) is 6.92 Å². The lowest BCUT2D eigenvalue weighted by Crippen LogP contribution is -2.11. The molecule has 0 fully saturated rings. The van der Waals surface area contributed by atoms with Crippen LogP contribution in [0, 0.1) is 12.7 Å². The predicted molar refractivity (Wildman–Crippen MR) is 67.8 cm³/mol. The molecule has 3 nitrogen and oxygen atoms in total. The summed E-state index contributed by atoms with van der Waals surface area (Å²) in [6.45, 7) is 1.91. The molecule has 0 saturated carbocycles. The topological polar surface area (TPSA) is 55.1 Å². The Balaban J connectivity index is 2.21. The molecule has 0 aliphatic carbocycles. The van der Waals surface area contributed by atoms with Crippen molar-refractivity contribution in [3.05, 3.63) is 45.9 Å². The summed E-state index contributed by atoms with van der Waals surface area (Å²) in [4.78, 5) is 13.4. The van der Waals surface area contributed by atoms with Crippen molar-refractivity contribution in [3.63, 3.8) is 0 Å². The Morgan fingerprint density at radius 3 is 2.76 bits per heavy atom. The Labute approximate surface area is 102 Å². The van der Waals surface area contributed by atoms with Crippen molar-refractivity contribution >= 4 is 28.6 Å². The van der Waals surface area contributed by atoms with Crippen LogP contribution in [0.4, 0.5) is 15.8 Å². The van der Waals surface area contributed by atoms with Gasteiger partial charge in [0.05, 0.1) is 16.3 Å². The number of halogens is 1. The average molecular weight is 250 g/mol. The molecule has 0 radical (unpaired) electrons. The minimum absolute atomic E-state index is 0.277. The molecule has 0 unspecified atom stereocenters. The summed E-state index contributed by atoms with van der Waals surface area (Å²) in [7, 11) is 0. The molecule has 0 spiro atoms. The fourth-order valence-electron chi connectivity index (χ4n) is 1.38. The molecule has 3 N–H and O–H groups in total. The van der Waals surface area contributed by atoms with E-state index >= 15 is 0 Å². The van der Waals surface area contributed by atoms with Crippen LogP contribution in [-0.4, -0.2) is 5.91 Å². The normalized spacial score (nSPS) is 10.2. The van der Waals surface area contributed by atoms with Gasteiger partial charge in [-0.3, -0.25) is 4.79 Å². The first-order chi connectivity index (χ1) is 8.06. The first-order valence-corrected chi connectivity index (χ1v) is 5.81. The number of hydrogen-bond acceptors (Lipinski definition) is 3. The summed E-state index contributed by atoms with van der Waals surface area (Å²) in [6.07, 6.45) is 0. The second kappa shape index (κ2) is 4.55. The van der Waals surface area contributed by atoms with Crippen LogP contribution in [0.3, 0.4) is 0 Å². The van der Waals surface area contributed by atoms with Gasteiger partial charge in [-0.25, -0.2) is 4.39 Å². The molecule has 0 aliphatic rings. The van der Waals surface area contributed by atoms with Crippen LogP contribution in [0.1, 0.15) is 14.5 Å². The van der Waals surface area contributed by atoms with Gasteiger partial charge in [0.25, 0.3) is 5.91 Å². The van der Waals surface area contributed by atoms with E-state index in [0.717, 1.165) is 4.88 Å². The van der Waals surface area contributed by atoms with E-state index in [2.05, 4.69) is 5.32 Å². The molecular formula is C12H11FN2OS. The van der Waals surface area contributed by atoms with Crippen molar-refractivity contribution in [1.29, 1.82) is 0 Å². The highest BCUT2D eigenvalue weighted by Gasteiger charge is 2.10. The number of nitrogens with two attached hydrogens (primary N) is 1. The van der Waals surface area contributed by atoms with Crippen LogP contribution in [0.25, 0.3) is 0 Å². The zero-order valence-electron chi connectivity index (χ0n) is 9.16. The summed E-state index contributed by atoms with van der Waals surface area (Å²) < 4.78 is 13.0. The summed E-state index contributed by atoms with van der Waals surface area (Å²) >= 11 is 1.38. The van der Waals surface area contributed by atoms with Crippen LogP contribution < -0.4 is 11.1 Å². The molecule has 1 amide bonds. The monoisotopic (exact) mass is 250 g/mol. The Bertz CT molecular complexity index is 565. The van der Waals surface area contributed by atoms with E-state index < -0.39 is 5.82 Å². The van der Waals surface area contributed by atoms with Crippen molar-refractivity contribution in [1.82, 2.24) is 0 Å². The zero-order valence-corrected chi connectivity index (χ0v) is 9.98. The number of rotatable bonds is 2. The van der Waals surface area contributed by atoms with Gasteiger partial charge >= 0.3 is 0 Å². The van der Waals surface area contributed by atoms with E-state index in [4.69, 9.17) is 5.73 Å². The van der Waals surface area contributed by atoms with E-state index in [1.165, 1.54) is 29.5 Å². The van der Waals surface area contributed by atoms with Gasteiger partial charge in [-0.2, -0.15) is 0 Å². The van der Waals surface area contributed by atoms with Gasteiger partial charge in [-0.1, -0.05) is 0 Å². The Morgan fingerprint density at radius 1 is 1.35 bits per heavy atom. The molecule has 5 heteroatoms. The van der Waals surface area contributed by atoms with Gasteiger partial charge in [-0.05, 0) is 37.3 Å². The smallest absolute Gasteiger partial charge is 0.265 e. The van der Waals surface area contributed by atoms with Crippen LogP contribution in [-0.2, 0) is 0 Å². The second-order valence-electron chi connectivity index (χ2n) is 3.60. The molecule has 0 aliphatic heterocycles. The lowest BCUT2D eigenvalue weighted by molar-refractivity contribution is 0.103. The molecule has 17 heavy (non-hydrogen) atoms. The molecule has 1 aromatic carbocycles. The first kappa shape index (κ1) is 11.6. The molecule has 0 bridgehead atoms. The third-order valence-electron chi connectivity index (χ3n) is 2.23. The van der Waals surface area contributed by atoms with E-state index in [-0.39, 0.29) is 5.91 Å². The third-order valence-corrected chi connectivity index (χ3v) is 3.23. The highest BCUT2D eigenvalue weighted by atomic mass is 32.1. The Kier molecular flexibility index (Phi) is 3.10. The molecule has 88 valence electrons. The summed E-state index contributed by atoms with van der Waals surface area (Å²) in [5.74, 6) is -0.711. The third kappa shape index (κ3) is 2.62. The standard InChI is InChI=1S/C12H11FN2OS/c1-7-2-5-11(17-7)12(16)15-10-6-8(13)3-4-9(10)14/h2-6H,14H2,1H3,(H,15,16).